The van der Waals surface area contributed by atoms with Gasteiger partial charge in [0.25, 0.3) is 5.91 Å². The molecule has 126 valence electrons. The van der Waals surface area contributed by atoms with Gasteiger partial charge in [-0.15, -0.1) is 0 Å². The fraction of sp³-hybridized carbons (Fsp3) is 0.278. The Morgan fingerprint density at radius 1 is 1.12 bits per heavy atom. The number of amides is 1. The number of hydrogen-bond donors (Lipinski definition) is 0. The Bertz CT molecular complexity index is 798. The summed E-state index contributed by atoms with van der Waals surface area (Å²) in [5.74, 6) is -0.889. The molecule has 0 fully saturated rings. The van der Waals surface area contributed by atoms with E-state index in [0.29, 0.717) is 36.2 Å². The Morgan fingerprint density at radius 2 is 1.88 bits per heavy atom. The van der Waals surface area contributed by atoms with E-state index in [9.17, 15) is 22.4 Å². The van der Waals surface area contributed by atoms with Gasteiger partial charge in [0.1, 0.15) is 5.82 Å². The van der Waals surface area contributed by atoms with Crippen molar-refractivity contribution in [3.63, 3.8) is 0 Å². The lowest BCUT2D eigenvalue weighted by molar-refractivity contribution is -0.137. The highest BCUT2D eigenvalue weighted by molar-refractivity contribution is 6.06. The van der Waals surface area contributed by atoms with E-state index in [1.165, 1.54) is 23.1 Å². The topological polar surface area (TPSA) is 20.3 Å². The molecule has 0 radical (unpaired) electrons. The highest BCUT2D eigenvalue weighted by atomic mass is 19.4. The van der Waals surface area contributed by atoms with Gasteiger partial charge in [-0.1, -0.05) is 6.07 Å². The van der Waals surface area contributed by atoms with E-state index < -0.39 is 23.5 Å². The van der Waals surface area contributed by atoms with Crippen molar-refractivity contribution < 1.29 is 22.4 Å². The van der Waals surface area contributed by atoms with E-state index in [2.05, 4.69) is 0 Å². The summed E-state index contributed by atoms with van der Waals surface area (Å²) in [4.78, 5) is 14.1. The van der Waals surface area contributed by atoms with Crippen LogP contribution in [0.2, 0.25) is 0 Å². The maximum absolute atomic E-state index is 13.7. The molecule has 2 aromatic carbocycles. The molecule has 0 aromatic heterocycles. The molecule has 6 heteroatoms. The normalized spacial score (nSPS) is 14.5. The number of alkyl halides is 3. The number of aryl methyl sites for hydroxylation is 2. The third-order valence-electron chi connectivity index (χ3n) is 4.19. The predicted molar refractivity (Wildman–Crippen MR) is 82.6 cm³/mol. The summed E-state index contributed by atoms with van der Waals surface area (Å²) in [5.41, 5.74) is 0.834. The van der Waals surface area contributed by atoms with Crippen molar-refractivity contribution in [1.82, 2.24) is 0 Å². The minimum atomic E-state index is -4.42. The van der Waals surface area contributed by atoms with E-state index >= 15 is 0 Å². The number of anilines is 1. The van der Waals surface area contributed by atoms with Crippen LogP contribution in [0.15, 0.2) is 36.4 Å². The Morgan fingerprint density at radius 3 is 2.54 bits per heavy atom. The highest BCUT2D eigenvalue weighted by Gasteiger charge is 2.32. The third kappa shape index (κ3) is 3.00. The molecule has 0 spiro atoms. The number of benzene rings is 2. The summed E-state index contributed by atoms with van der Waals surface area (Å²) in [6.45, 7) is 1.99. The second kappa shape index (κ2) is 5.92. The first-order valence-corrected chi connectivity index (χ1v) is 7.55. The molecule has 24 heavy (non-hydrogen) atoms. The van der Waals surface area contributed by atoms with Crippen molar-refractivity contribution in [2.45, 2.75) is 25.9 Å². The average molecular weight is 337 g/mol. The zero-order valence-corrected chi connectivity index (χ0v) is 13.0. The van der Waals surface area contributed by atoms with E-state index in [0.717, 1.165) is 18.2 Å². The molecule has 0 saturated carbocycles. The van der Waals surface area contributed by atoms with Crippen molar-refractivity contribution in [2.24, 2.45) is 0 Å². The second-order valence-corrected chi connectivity index (χ2v) is 5.87. The number of rotatable bonds is 1. The zero-order valence-electron chi connectivity index (χ0n) is 13.0. The quantitative estimate of drug-likeness (QED) is 0.688. The molecule has 1 aliphatic rings. The van der Waals surface area contributed by atoms with E-state index in [1.54, 1.807) is 6.92 Å². The lowest BCUT2D eigenvalue weighted by Gasteiger charge is -2.30. The Hall–Kier alpha value is -2.37. The first kappa shape index (κ1) is 16.5. The minimum Gasteiger partial charge on any atom is -0.308 e. The molecule has 2 nitrogen and oxygen atoms in total. The molecule has 3 rings (SSSR count). The zero-order chi connectivity index (χ0) is 17.5. The molecular formula is C18H15F4NO. The number of fused-ring (bicyclic) bond motifs is 1. The van der Waals surface area contributed by atoms with Crippen molar-refractivity contribution in [2.75, 3.05) is 11.4 Å². The number of nitrogens with zero attached hydrogens (tertiary/aromatic N) is 1. The number of carbonyl (C=O) groups is 1. The third-order valence-corrected chi connectivity index (χ3v) is 4.19. The number of carbonyl (C=O) groups excluding carboxylic acids is 1. The maximum Gasteiger partial charge on any atom is 0.416 e. The van der Waals surface area contributed by atoms with Gasteiger partial charge < -0.3 is 4.90 Å². The molecule has 0 N–H and O–H groups in total. The van der Waals surface area contributed by atoms with Crippen LogP contribution in [0.3, 0.4) is 0 Å². The van der Waals surface area contributed by atoms with Gasteiger partial charge in [-0.3, -0.25) is 4.79 Å². The van der Waals surface area contributed by atoms with E-state index in [-0.39, 0.29) is 5.56 Å². The number of hydrogen-bond acceptors (Lipinski definition) is 1. The van der Waals surface area contributed by atoms with Crippen molar-refractivity contribution in [1.29, 1.82) is 0 Å². The maximum atomic E-state index is 13.7. The second-order valence-electron chi connectivity index (χ2n) is 5.87. The predicted octanol–water partition coefficient (Wildman–Crippen LogP) is 4.75. The monoisotopic (exact) mass is 337 g/mol. The van der Waals surface area contributed by atoms with Gasteiger partial charge in [-0.25, -0.2) is 4.39 Å². The first-order chi connectivity index (χ1) is 11.3. The Balaban J connectivity index is 1.97. The van der Waals surface area contributed by atoms with Gasteiger partial charge in [-0.2, -0.15) is 13.2 Å². The summed E-state index contributed by atoms with van der Waals surface area (Å²) in [7, 11) is 0. The summed E-state index contributed by atoms with van der Waals surface area (Å²) in [5, 5.41) is 0. The molecule has 0 unspecified atom stereocenters. The number of halogens is 4. The lowest BCUT2D eigenvalue weighted by atomic mass is 9.98. The van der Waals surface area contributed by atoms with Gasteiger partial charge in [0.2, 0.25) is 0 Å². The SMILES string of the molecule is Cc1ccc(C(=O)N2CCCc3cc(C(F)(F)F)ccc32)cc1F. The fourth-order valence-electron chi connectivity index (χ4n) is 2.87. The largest absolute Gasteiger partial charge is 0.416 e. The minimum absolute atomic E-state index is 0.186. The molecule has 0 aliphatic carbocycles. The van der Waals surface area contributed by atoms with Crippen molar-refractivity contribution in [3.8, 4) is 0 Å². The van der Waals surface area contributed by atoms with Crippen LogP contribution in [0.25, 0.3) is 0 Å². The van der Waals surface area contributed by atoms with Gasteiger partial charge in [0.15, 0.2) is 0 Å². The summed E-state index contributed by atoms with van der Waals surface area (Å²) in [6, 6.07) is 7.58. The van der Waals surface area contributed by atoms with Crippen molar-refractivity contribution >= 4 is 11.6 Å². The van der Waals surface area contributed by atoms with Gasteiger partial charge in [-0.05, 0) is 61.2 Å². The van der Waals surface area contributed by atoms with Crippen LogP contribution in [0.4, 0.5) is 23.2 Å². The fourth-order valence-corrected chi connectivity index (χ4v) is 2.87. The van der Waals surface area contributed by atoms with Crippen LogP contribution < -0.4 is 4.90 Å². The van der Waals surface area contributed by atoms with E-state index in [1.807, 2.05) is 0 Å². The van der Waals surface area contributed by atoms with Crippen LogP contribution in [-0.2, 0) is 12.6 Å². The van der Waals surface area contributed by atoms with Crippen LogP contribution in [0.5, 0.6) is 0 Å². The molecule has 0 bridgehead atoms. The first-order valence-electron chi connectivity index (χ1n) is 7.55. The van der Waals surface area contributed by atoms with Crippen molar-refractivity contribution in [3.05, 3.63) is 64.5 Å². The Labute approximate surface area is 136 Å². The summed E-state index contributed by atoms with van der Waals surface area (Å²) in [6.07, 6.45) is -3.37. The molecule has 0 saturated heterocycles. The van der Waals surface area contributed by atoms with Crippen LogP contribution in [-0.4, -0.2) is 12.5 Å². The van der Waals surface area contributed by atoms with Crippen LogP contribution >= 0.6 is 0 Å². The van der Waals surface area contributed by atoms with Gasteiger partial charge in [0.05, 0.1) is 5.56 Å². The van der Waals surface area contributed by atoms with Crippen LogP contribution in [0.1, 0.15) is 33.5 Å². The molecular weight excluding hydrogens is 322 g/mol. The summed E-state index contributed by atoms with van der Waals surface area (Å²) < 4.78 is 52.2. The lowest BCUT2D eigenvalue weighted by Crippen LogP contribution is -2.35. The van der Waals surface area contributed by atoms with Crippen LogP contribution in [0, 0.1) is 12.7 Å². The molecule has 0 atom stereocenters. The summed E-state index contributed by atoms with van der Waals surface area (Å²) >= 11 is 0. The Kier molecular flexibility index (Phi) is 4.07. The average Bonchev–Trinajstić information content (AvgIpc) is 2.55. The smallest absolute Gasteiger partial charge is 0.308 e. The van der Waals surface area contributed by atoms with Gasteiger partial charge in [0, 0.05) is 17.8 Å². The van der Waals surface area contributed by atoms with E-state index in [4.69, 9.17) is 0 Å². The standard InChI is InChI=1S/C18H15F4NO/c1-11-4-5-13(10-15(11)19)17(24)23-8-2-3-12-9-14(18(20,21)22)6-7-16(12)23/h4-7,9-10H,2-3,8H2,1H3. The molecule has 1 aliphatic heterocycles. The molecule has 1 heterocycles. The highest BCUT2D eigenvalue weighted by Crippen LogP contribution is 2.35. The molecule has 1 amide bonds. The molecule has 2 aromatic rings. The van der Waals surface area contributed by atoms with Gasteiger partial charge >= 0.3 is 6.18 Å².